The highest BCUT2D eigenvalue weighted by molar-refractivity contribution is 6.37. The van der Waals surface area contributed by atoms with Gasteiger partial charge in [-0.2, -0.15) is 0 Å². The average molecular weight is 407 g/mol. The summed E-state index contributed by atoms with van der Waals surface area (Å²) in [6.07, 6.45) is 0. The van der Waals surface area contributed by atoms with Gasteiger partial charge in [-0.3, -0.25) is 9.59 Å². The summed E-state index contributed by atoms with van der Waals surface area (Å²) in [7, 11) is 1.45. The summed E-state index contributed by atoms with van der Waals surface area (Å²) in [6.45, 7) is 3.67. The van der Waals surface area contributed by atoms with E-state index in [1.807, 2.05) is 31.2 Å². The molecule has 3 rings (SSSR count). The summed E-state index contributed by atoms with van der Waals surface area (Å²) < 4.78 is 5.27. The lowest BCUT2D eigenvalue weighted by Crippen LogP contribution is -2.50. The van der Waals surface area contributed by atoms with Crippen molar-refractivity contribution < 1.29 is 14.3 Å². The second-order valence-electron chi connectivity index (χ2n) is 6.34. The molecule has 0 bridgehead atoms. The number of rotatable bonds is 3. The first-order valence-electron chi connectivity index (χ1n) is 8.60. The minimum atomic E-state index is -0.248. The van der Waals surface area contributed by atoms with Gasteiger partial charge in [-0.15, -0.1) is 0 Å². The number of carbonyl (C=O) groups excluding carboxylic acids is 2. The van der Waals surface area contributed by atoms with Gasteiger partial charge in [0.2, 0.25) is 0 Å². The normalized spacial score (nSPS) is 14.2. The Morgan fingerprint density at radius 3 is 2.04 bits per heavy atom. The van der Waals surface area contributed by atoms with Gasteiger partial charge in [-0.25, -0.2) is 0 Å². The number of ether oxygens (including phenoxy) is 1. The van der Waals surface area contributed by atoms with Gasteiger partial charge in [-0.1, -0.05) is 41.4 Å². The van der Waals surface area contributed by atoms with E-state index in [2.05, 4.69) is 0 Å². The number of carbonyl (C=O) groups is 2. The molecule has 0 aliphatic carbocycles. The number of benzene rings is 2. The highest BCUT2D eigenvalue weighted by Crippen LogP contribution is 2.34. The number of nitrogens with zero attached hydrogens (tertiary/aromatic N) is 2. The molecule has 27 heavy (non-hydrogen) atoms. The van der Waals surface area contributed by atoms with Gasteiger partial charge in [0.25, 0.3) is 11.8 Å². The van der Waals surface area contributed by atoms with Crippen molar-refractivity contribution in [3.05, 3.63) is 63.1 Å². The van der Waals surface area contributed by atoms with Crippen LogP contribution in [0.4, 0.5) is 0 Å². The maximum atomic E-state index is 13.0. The molecular weight excluding hydrogens is 387 g/mol. The zero-order valence-electron chi connectivity index (χ0n) is 15.2. The van der Waals surface area contributed by atoms with Gasteiger partial charge in [0, 0.05) is 31.7 Å². The zero-order valence-corrected chi connectivity index (χ0v) is 16.7. The predicted molar refractivity (Wildman–Crippen MR) is 106 cm³/mol. The second kappa shape index (κ2) is 8.19. The fourth-order valence-corrected chi connectivity index (χ4v) is 3.65. The molecular formula is C20H20Cl2N2O3. The summed E-state index contributed by atoms with van der Waals surface area (Å²) in [4.78, 5) is 29.1. The fraction of sp³-hybridized carbons (Fsp3) is 0.300. The molecule has 0 unspecified atom stereocenters. The molecule has 1 saturated heterocycles. The molecule has 2 aromatic rings. The number of amides is 2. The topological polar surface area (TPSA) is 49.9 Å². The van der Waals surface area contributed by atoms with Crippen LogP contribution in [0, 0.1) is 6.92 Å². The van der Waals surface area contributed by atoms with Crippen LogP contribution in [0.25, 0.3) is 0 Å². The van der Waals surface area contributed by atoms with Gasteiger partial charge in [0.1, 0.15) is 5.56 Å². The van der Waals surface area contributed by atoms with E-state index >= 15 is 0 Å². The smallest absolute Gasteiger partial charge is 0.259 e. The van der Waals surface area contributed by atoms with Crippen molar-refractivity contribution >= 4 is 35.0 Å². The van der Waals surface area contributed by atoms with E-state index in [0.717, 1.165) is 5.56 Å². The Morgan fingerprint density at radius 2 is 1.44 bits per heavy atom. The molecule has 1 heterocycles. The van der Waals surface area contributed by atoms with Crippen molar-refractivity contribution in [1.82, 2.24) is 9.80 Å². The van der Waals surface area contributed by atoms with Crippen LogP contribution in [-0.4, -0.2) is 54.9 Å². The summed E-state index contributed by atoms with van der Waals surface area (Å²) >= 11 is 12.3. The van der Waals surface area contributed by atoms with E-state index in [4.69, 9.17) is 27.9 Å². The summed E-state index contributed by atoms with van der Waals surface area (Å²) in [6, 6.07) is 10.7. The van der Waals surface area contributed by atoms with E-state index in [0.29, 0.717) is 41.8 Å². The molecule has 1 fully saturated rings. The molecule has 5 nitrogen and oxygen atoms in total. The lowest BCUT2D eigenvalue weighted by Gasteiger charge is -2.35. The highest BCUT2D eigenvalue weighted by atomic mass is 35.5. The Kier molecular flexibility index (Phi) is 5.92. The van der Waals surface area contributed by atoms with E-state index in [-0.39, 0.29) is 23.1 Å². The molecule has 2 aromatic carbocycles. The Labute approximate surface area is 168 Å². The molecule has 0 N–H and O–H groups in total. The fourth-order valence-electron chi connectivity index (χ4n) is 3.19. The summed E-state index contributed by atoms with van der Waals surface area (Å²) in [5.74, 6) is 0.00786. The number of piperazine rings is 1. The molecule has 0 saturated carbocycles. The van der Waals surface area contributed by atoms with Crippen molar-refractivity contribution in [1.29, 1.82) is 0 Å². The first-order valence-corrected chi connectivity index (χ1v) is 9.35. The molecule has 0 radical (unpaired) electrons. The van der Waals surface area contributed by atoms with Crippen molar-refractivity contribution in [2.75, 3.05) is 33.3 Å². The van der Waals surface area contributed by atoms with Gasteiger partial charge in [-0.05, 0) is 30.7 Å². The Hall–Kier alpha value is -2.24. The first kappa shape index (κ1) is 19.5. The van der Waals surface area contributed by atoms with Crippen molar-refractivity contribution in [3.63, 3.8) is 0 Å². The van der Waals surface area contributed by atoms with Crippen molar-refractivity contribution in [3.8, 4) is 5.75 Å². The van der Waals surface area contributed by atoms with E-state index in [1.165, 1.54) is 7.11 Å². The van der Waals surface area contributed by atoms with E-state index < -0.39 is 0 Å². The quantitative estimate of drug-likeness (QED) is 0.776. The van der Waals surface area contributed by atoms with Gasteiger partial charge in [0.15, 0.2) is 5.75 Å². The van der Waals surface area contributed by atoms with Crippen LogP contribution in [0.3, 0.4) is 0 Å². The standard InChI is InChI=1S/C20H20Cl2N2O3/c1-13-5-3-4-6-14(13)19(25)23-9-11-24(12-10-23)20(26)17-15(21)7-8-16(22)18(17)27-2/h3-8H,9-12H2,1-2H3. The van der Waals surface area contributed by atoms with Crippen LogP contribution in [0.2, 0.25) is 10.0 Å². The van der Waals surface area contributed by atoms with Crippen LogP contribution in [0.15, 0.2) is 36.4 Å². The molecule has 2 amide bonds. The molecule has 0 aromatic heterocycles. The minimum absolute atomic E-state index is 0.0152. The van der Waals surface area contributed by atoms with Crippen molar-refractivity contribution in [2.45, 2.75) is 6.92 Å². The monoisotopic (exact) mass is 406 g/mol. The molecule has 0 atom stereocenters. The van der Waals surface area contributed by atoms with Gasteiger partial charge < -0.3 is 14.5 Å². The molecule has 7 heteroatoms. The molecule has 0 spiro atoms. The van der Waals surface area contributed by atoms with Gasteiger partial charge >= 0.3 is 0 Å². The predicted octanol–water partition coefficient (Wildman–Crippen LogP) is 3.91. The number of halogens is 2. The third-order valence-electron chi connectivity index (χ3n) is 4.71. The Balaban J connectivity index is 1.73. The van der Waals surface area contributed by atoms with Crippen LogP contribution in [0.5, 0.6) is 5.75 Å². The summed E-state index contributed by atoms with van der Waals surface area (Å²) in [5, 5.41) is 0.623. The highest BCUT2D eigenvalue weighted by Gasteiger charge is 2.29. The maximum Gasteiger partial charge on any atom is 0.259 e. The third kappa shape index (κ3) is 3.89. The lowest BCUT2D eigenvalue weighted by molar-refractivity contribution is 0.0533. The number of methoxy groups -OCH3 is 1. The van der Waals surface area contributed by atoms with Crippen molar-refractivity contribution in [2.24, 2.45) is 0 Å². The van der Waals surface area contributed by atoms with E-state index in [9.17, 15) is 9.59 Å². The molecule has 1 aliphatic rings. The second-order valence-corrected chi connectivity index (χ2v) is 7.15. The van der Waals surface area contributed by atoms with E-state index in [1.54, 1.807) is 21.9 Å². The van der Waals surface area contributed by atoms with Crippen LogP contribution >= 0.6 is 23.2 Å². The SMILES string of the molecule is COc1c(Cl)ccc(Cl)c1C(=O)N1CCN(C(=O)c2ccccc2C)CC1. The van der Waals surface area contributed by atoms with Crippen LogP contribution in [-0.2, 0) is 0 Å². The molecule has 142 valence electrons. The first-order chi connectivity index (χ1) is 12.9. The third-order valence-corrected chi connectivity index (χ3v) is 5.32. The Morgan fingerprint density at radius 1 is 0.889 bits per heavy atom. The number of aryl methyl sites for hydroxylation is 1. The Bertz CT molecular complexity index is 878. The van der Waals surface area contributed by atoms with Gasteiger partial charge in [0.05, 0.1) is 17.2 Å². The maximum absolute atomic E-state index is 13.0. The van der Waals surface area contributed by atoms with Crippen LogP contribution in [0.1, 0.15) is 26.3 Å². The minimum Gasteiger partial charge on any atom is -0.494 e. The summed E-state index contributed by atoms with van der Waals surface area (Å²) in [5.41, 5.74) is 1.89. The van der Waals surface area contributed by atoms with Crippen LogP contribution < -0.4 is 4.74 Å². The lowest BCUT2D eigenvalue weighted by atomic mass is 10.1. The zero-order chi connectivity index (χ0) is 19.6. The number of hydrogen-bond acceptors (Lipinski definition) is 3. The average Bonchev–Trinajstić information content (AvgIpc) is 2.69. The largest absolute Gasteiger partial charge is 0.494 e. The molecule has 1 aliphatic heterocycles. The number of hydrogen-bond donors (Lipinski definition) is 0.